The molecule has 0 unspecified atom stereocenters. The Morgan fingerprint density at radius 2 is 0.929 bits per heavy atom. The van der Waals surface area contributed by atoms with Crippen LogP contribution in [0.4, 0.5) is 0 Å². The smallest absolute Gasteiger partial charge is 0.0901 e. The molecule has 0 N–H and O–H groups in total. The first-order chi connectivity index (χ1) is 6.45. The van der Waals surface area contributed by atoms with Crippen molar-refractivity contribution in [2.75, 3.05) is 0 Å². The molecule has 0 fully saturated rings. The molecule has 0 heterocycles. The van der Waals surface area contributed by atoms with Gasteiger partial charge in [0.2, 0.25) is 0 Å². The van der Waals surface area contributed by atoms with Crippen LogP contribution in [-0.2, 0) is 17.1 Å². The molecule has 2 rings (SSSR count). The number of hydrogen-bond donors (Lipinski definition) is 0. The van der Waals surface area contributed by atoms with E-state index in [9.17, 15) is 0 Å². The molecule has 0 amide bonds. The normalized spacial score (nSPS) is 9.14. The van der Waals surface area contributed by atoms with Gasteiger partial charge in [-0.1, -0.05) is 48.2 Å². The predicted molar refractivity (Wildman–Crippen MR) is 57.0 cm³/mol. The second kappa shape index (κ2) is 5.92. The van der Waals surface area contributed by atoms with E-state index < -0.39 is 0 Å². The minimum Gasteiger partial charge on any atom is -0.0901 e. The van der Waals surface area contributed by atoms with E-state index in [0.29, 0.717) is 0 Å². The number of rotatable bonds is 2. The summed E-state index contributed by atoms with van der Waals surface area (Å²) in [5, 5.41) is 0. The molecular weight excluding hydrogens is 232 g/mol. The molecule has 0 saturated carbocycles. The quantitative estimate of drug-likeness (QED) is 0.721. The minimum absolute atomic E-state index is 0. The second-order valence-corrected chi connectivity index (χ2v) is 3.88. The third-order valence-electron chi connectivity index (χ3n) is 1.72. The Bertz CT molecular complexity index is 321. The van der Waals surface area contributed by atoms with E-state index in [1.54, 1.807) is 11.8 Å². The maximum atomic E-state index is 2.12. The molecule has 0 saturated heterocycles. The van der Waals surface area contributed by atoms with Crippen molar-refractivity contribution in [3.8, 4) is 0 Å². The van der Waals surface area contributed by atoms with Gasteiger partial charge in [0.25, 0.3) is 0 Å². The summed E-state index contributed by atoms with van der Waals surface area (Å²) in [7, 11) is 0. The molecule has 70 valence electrons. The monoisotopic (exact) mass is 242 g/mol. The topological polar surface area (TPSA) is 0 Å². The Hall–Kier alpha value is -0.691. The first-order valence-corrected chi connectivity index (χ1v) is 5.05. The second-order valence-electron chi connectivity index (χ2n) is 2.73. The number of benzene rings is 2. The fourth-order valence-corrected chi connectivity index (χ4v) is 1.97. The molecule has 0 atom stereocenters. The van der Waals surface area contributed by atoms with Gasteiger partial charge in [-0.05, 0) is 24.3 Å². The van der Waals surface area contributed by atoms with Gasteiger partial charge in [0.1, 0.15) is 0 Å². The first kappa shape index (κ1) is 11.4. The largest absolute Gasteiger partial charge is 2.00 e. The number of hydrogen-bond acceptors (Lipinski definition) is 1. The molecule has 0 aliphatic heterocycles. The standard InChI is InChI=1S/C12H10S.Fe/c1-3-7-11(8-4-1)13-12-9-5-2-6-10-12;/h1-10H;/q;+2. The van der Waals surface area contributed by atoms with Crippen molar-refractivity contribution in [2.24, 2.45) is 0 Å². The molecule has 2 aromatic carbocycles. The zero-order chi connectivity index (χ0) is 8.93. The summed E-state index contributed by atoms with van der Waals surface area (Å²) in [5.74, 6) is 0. The van der Waals surface area contributed by atoms with Gasteiger partial charge in [0.15, 0.2) is 0 Å². The third kappa shape index (κ3) is 3.22. The average Bonchev–Trinajstić information content (AvgIpc) is 2.21. The van der Waals surface area contributed by atoms with Crippen LogP contribution in [0.3, 0.4) is 0 Å². The molecular formula is C12H10FeS+2. The summed E-state index contributed by atoms with van der Waals surface area (Å²) in [5.41, 5.74) is 0. The van der Waals surface area contributed by atoms with Crippen LogP contribution in [0, 0.1) is 0 Å². The maximum absolute atomic E-state index is 2.12. The zero-order valence-corrected chi connectivity index (χ0v) is 9.46. The summed E-state index contributed by atoms with van der Waals surface area (Å²) in [6.45, 7) is 0. The summed E-state index contributed by atoms with van der Waals surface area (Å²) in [4.78, 5) is 2.57. The molecule has 0 aliphatic carbocycles. The van der Waals surface area contributed by atoms with Gasteiger partial charge >= 0.3 is 17.1 Å². The predicted octanol–water partition coefficient (Wildman–Crippen LogP) is 3.84. The van der Waals surface area contributed by atoms with Gasteiger partial charge in [-0.25, -0.2) is 0 Å². The summed E-state index contributed by atoms with van der Waals surface area (Å²) in [6.07, 6.45) is 0. The van der Waals surface area contributed by atoms with E-state index >= 15 is 0 Å². The minimum atomic E-state index is 0. The molecule has 2 aromatic rings. The van der Waals surface area contributed by atoms with Crippen molar-refractivity contribution in [2.45, 2.75) is 9.79 Å². The molecule has 0 aliphatic rings. The Labute approximate surface area is 99.2 Å². The van der Waals surface area contributed by atoms with E-state index in [2.05, 4.69) is 48.5 Å². The molecule has 0 bridgehead atoms. The van der Waals surface area contributed by atoms with Crippen molar-refractivity contribution in [3.05, 3.63) is 60.7 Å². The summed E-state index contributed by atoms with van der Waals surface area (Å²) < 4.78 is 0. The van der Waals surface area contributed by atoms with Crippen LogP contribution in [-0.4, -0.2) is 0 Å². The van der Waals surface area contributed by atoms with Crippen molar-refractivity contribution < 1.29 is 17.1 Å². The van der Waals surface area contributed by atoms with Crippen LogP contribution >= 0.6 is 11.8 Å². The van der Waals surface area contributed by atoms with Crippen LogP contribution in [0.5, 0.6) is 0 Å². The van der Waals surface area contributed by atoms with Crippen molar-refractivity contribution in [1.29, 1.82) is 0 Å². The maximum Gasteiger partial charge on any atom is 2.00 e. The van der Waals surface area contributed by atoms with Gasteiger partial charge in [0.05, 0.1) is 0 Å². The van der Waals surface area contributed by atoms with Crippen LogP contribution in [0.1, 0.15) is 0 Å². The van der Waals surface area contributed by atoms with Gasteiger partial charge in [0, 0.05) is 9.79 Å². The molecule has 0 aromatic heterocycles. The van der Waals surface area contributed by atoms with Gasteiger partial charge in [-0.3, -0.25) is 0 Å². The molecule has 0 radical (unpaired) electrons. The fraction of sp³-hybridized carbons (Fsp3) is 0. The zero-order valence-electron chi connectivity index (χ0n) is 7.54. The Morgan fingerprint density at radius 3 is 1.29 bits per heavy atom. The Kier molecular flexibility index (Phi) is 4.81. The van der Waals surface area contributed by atoms with Gasteiger partial charge in [-0.15, -0.1) is 0 Å². The average molecular weight is 242 g/mol. The molecule has 14 heavy (non-hydrogen) atoms. The van der Waals surface area contributed by atoms with E-state index in [0.717, 1.165) is 0 Å². The molecule has 2 heteroatoms. The van der Waals surface area contributed by atoms with Crippen LogP contribution < -0.4 is 0 Å². The summed E-state index contributed by atoms with van der Waals surface area (Å²) in [6, 6.07) is 20.8. The van der Waals surface area contributed by atoms with Crippen molar-refractivity contribution in [1.82, 2.24) is 0 Å². The van der Waals surface area contributed by atoms with E-state index in [4.69, 9.17) is 0 Å². The van der Waals surface area contributed by atoms with Crippen LogP contribution in [0.25, 0.3) is 0 Å². The van der Waals surface area contributed by atoms with Gasteiger partial charge < -0.3 is 0 Å². The van der Waals surface area contributed by atoms with E-state index in [-0.39, 0.29) is 17.1 Å². The van der Waals surface area contributed by atoms with Crippen LogP contribution in [0.15, 0.2) is 70.5 Å². The summed E-state index contributed by atoms with van der Waals surface area (Å²) >= 11 is 1.79. The van der Waals surface area contributed by atoms with Crippen LogP contribution in [0.2, 0.25) is 0 Å². The Balaban J connectivity index is 0.000000980. The van der Waals surface area contributed by atoms with Crippen molar-refractivity contribution in [3.63, 3.8) is 0 Å². The molecule has 0 spiro atoms. The van der Waals surface area contributed by atoms with Crippen molar-refractivity contribution >= 4 is 11.8 Å². The Morgan fingerprint density at radius 1 is 0.571 bits per heavy atom. The van der Waals surface area contributed by atoms with E-state index in [1.165, 1.54) is 9.79 Å². The fourth-order valence-electron chi connectivity index (χ4n) is 1.11. The third-order valence-corrected chi connectivity index (χ3v) is 2.74. The molecule has 0 nitrogen and oxygen atoms in total. The first-order valence-electron chi connectivity index (χ1n) is 4.23. The van der Waals surface area contributed by atoms with E-state index in [1.807, 2.05) is 12.1 Å². The SMILES string of the molecule is [Fe+2].c1ccc(Sc2ccccc2)cc1. The van der Waals surface area contributed by atoms with Gasteiger partial charge in [-0.2, -0.15) is 0 Å².